The number of fused-ring (bicyclic) bond motifs is 1. The maximum absolute atomic E-state index is 12.4. The lowest BCUT2D eigenvalue weighted by Gasteiger charge is -2.14. The van der Waals surface area contributed by atoms with Gasteiger partial charge in [0, 0.05) is 17.8 Å². The average Bonchev–Trinajstić information content (AvgIpc) is 3.23. The fourth-order valence-electron chi connectivity index (χ4n) is 2.78. The molecule has 0 aliphatic carbocycles. The van der Waals surface area contributed by atoms with Gasteiger partial charge in [0.15, 0.2) is 0 Å². The zero-order valence-corrected chi connectivity index (χ0v) is 12.8. The number of hydrogen-bond acceptors (Lipinski definition) is 4. The van der Waals surface area contributed by atoms with Crippen molar-refractivity contribution in [3.8, 4) is 10.6 Å². The Morgan fingerprint density at radius 1 is 1.14 bits per heavy atom. The van der Waals surface area contributed by atoms with Crippen LogP contribution in [-0.2, 0) is 0 Å². The van der Waals surface area contributed by atoms with Crippen LogP contribution in [0.3, 0.4) is 0 Å². The number of rotatable bonds is 2. The molecule has 1 amide bonds. The lowest BCUT2D eigenvalue weighted by atomic mass is 10.2. The first-order valence-electron chi connectivity index (χ1n) is 7.41. The largest absolute Gasteiger partial charge is 0.337 e. The summed E-state index contributed by atoms with van der Waals surface area (Å²) in [7, 11) is 0. The van der Waals surface area contributed by atoms with Crippen LogP contribution >= 0.6 is 11.3 Å². The van der Waals surface area contributed by atoms with Gasteiger partial charge in [0.1, 0.15) is 5.69 Å². The second kappa shape index (κ2) is 5.50. The summed E-state index contributed by atoms with van der Waals surface area (Å²) in [6.45, 7) is 1.65. The molecule has 1 aliphatic rings. The quantitative estimate of drug-likeness (QED) is 0.726. The van der Waals surface area contributed by atoms with Crippen molar-refractivity contribution in [2.75, 3.05) is 13.1 Å². The Labute approximate surface area is 132 Å². The van der Waals surface area contributed by atoms with Crippen LogP contribution in [0, 0.1) is 0 Å². The second-order valence-corrected chi connectivity index (χ2v) is 6.52. The van der Waals surface area contributed by atoms with Crippen LogP contribution in [0.1, 0.15) is 23.3 Å². The lowest BCUT2D eigenvalue weighted by Crippen LogP contribution is -2.28. The van der Waals surface area contributed by atoms with Crippen molar-refractivity contribution in [1.82, 2.24) is 14.9 Å². The van der Waals surface area contributed by atoms with E-state index in [4.69, 9.17) is 0 Å². The molecule has 5 heteroatoms. The highest BCUT2D eigenvalue weighted by atomic mass is 32.1. The fourth-order valence-corrected chi connectivity index (χ4v) is 3.80. The summed E-state index contributed by atoms with van der Waals surface area (Å²) in [5, 5.41) is 1.19. The van der Waals surface area contributed by atoms with Crippen molar-refractivity contribution in [1.29, 1.82) is 0 Å². The van der Waals surface area contributed by atoms with E-state index in [9.17, 15) is 4.79 Å². The normalized spacial score (nSPS) is 14.6. The molecule has 22 heavy (non-hydrogen) atoms. The highest BCUT2D eigenvalue weighted by Crippen LogP contribution is 2.32. The molecule has 1 fully saturated rings. The number of benzene rings is 1. The maximum atomic E-state index is 12.4. The topological polar surface area (TPSA) is 46.1 Å². The van der Waals surface area contributed by atoms with E-state index in [1.165, 1.54) is 10.1 Å². The highest BCUT2D eigenvalue weighted by Gasteiger charge is 2.21. The number of hydrogen-bond donors (Lipinski definition) is 0. The number of carbonyl (C=O) groups is 1. The molecule has 4 nitrogen and oxygen atoms in total. The molecule has 4 rings (SSSR count). The Balaban J connectivity index is 1.70. The Morgan fingerprint density at radius 2 is 1.95 bits per heavy atom. The van der Waals surface area contributed by atoms with Gasteiger partial charge in [-0.3, -0.25) is 9.78 Å². The maximum Gasteiger partial charge on any atom is 0.274 e. The third-order valence-corrected chi connectivity index (χ3v) is 5.06. The fraction of sp³-hybridized carbons (Fsp3) is 0.235. The van der Waals surface area contributed by atoms with Crippen molar-refractivity contribution in [2.45, 2.75) is 12.8 Å². The summed E-state index contributed by atoms with van der Waals surface area (Å²) < 4.78 is 1.22. The van der Waals surface area contributed by atoms with E-state index < -0.39 is 0 Å². The van der Waals surface area contributed by atoms with E-state index >= 15 is 0 Å². The van der Waals surface area contributed by atoms with Crippen molar-refractivity contribution in [3.63, 3.8) is 0 Å². The van der Waals surface area contributed by atoms with Gasteiger partial charge in [0.05, 0.1) is 23.0 Å². The number of likely N-dealkylation sites (tertiary alicyclic amines) is 1. The van der Waals surface area contributed by atoms with Crippen LogP contribution in [0.5, 0.6) is 0 Å². The summed E-state index contributed by atoms with van der Waals surface area (Å²) in [4.78, 5) is 24.1. The predicted molar refractivity (Wildman–Crippen MR) is 88.0 cm³/mol. The van der Waals surface area contributed by atoms with E-state index in [0.29, 0.717) is 5.69 Å². The number of nitrogens with zero attached hydrogens (tertiary/aromatic N) is 3. The molecule has 3 aromatic rings. The van der Waals surface area contributed by atoms with E-state index in [1.807, 2.05) is 17.0 Å². The third-order valence-electron chi connectivity index (χ3n) is 3.92. The van der Waals surface area contributed by atoms with Crippen molar-refractivity contribution >= 4 is 27.3 Å². The smallest absolute Gasteiger partial charge is 0.274 e. The zero-order valence-electron chi connectivity index (χ0n) is 12.0. The molecule has 1 aromatic carbocycles. The number of amides is 1. The Bertz CT molecular complexity index is 804. The van der Waals surface area contributed by atoms with Gasteiger partial charge in [0.2, 0.25) is 0 Å². The molecular weight excluding hydrogens is 294 g/mol. The Kier molecular flexibility index (Phi) is 3.35. The predicted octanol–water partition coefficient (Wildman–Crippen LogP) is 3.59. The summed E-state index contributed by atoms with van der Waals surface area (Å²) in [5.41, 5.74) is 1.21. The lowest BCUT2D eigenvalue weighted by molar-refractivity contribution is 0.0786. The number of carbonyl (C=O) groups excluding carboxylic acids is 1. The van der Waals surface area contributed by atoms with Crippen molar-refractivity contribution < 1.29 is 4.79 Å². The third kappa shape index (κ3) is 2.37. The first kappa shape index (κ1) is 13.4. The molecule has 110 valence electrons. The van der Waals surface area contributed by atoms with Crippen LogP contribution in [0.15, 0.2) is 42.7 Å². The van der Waals surface area contributed by atoms with Crippen LogP contribution < -0.4 is 0 Å². The number of thiophene rings is 1. The summed E-state index contributed by atoms with van der Waals surface area (Å²) in [6.07, 6.45) is 5.45. The first-order valence-corrected chi connectivity index (χ1v) is 8.23. The second-order valence-electron chi connectivity index (χ2n) is 5.44. The van der Waals surface area contributed by atoms with E-state index in [2.05, 4.69) is 28.2 Å². The van der Waals surface area contributed by atoms with Crippen molar-refractivity contribution in [3.05, 3.63) is 48.4 Å². The van der Waals surface area contributed by atoms with Gasteiger partial charge in [-0.25, -0.2) is 4.98 Å². The van der Waals surface area contributed by atoms with E-state index in [-0.39, 0.29) is 5.91 Å². The zero-order chi connectivity index (χ0) is 14.9. The summed E-state index contributed by atoms with van der Waals surface area (Å²) in [6, 6.07) is 10.3. The van der Waals surface area contributed by atoms with Crippen LogP contribution in [0.2, 0.25) is 0 Å². The molecule has 0 saturated carbocycles. The SMILES string of the molecule is O=C(c1cncc(-c2cc3ccccc3s2)n1)N1CCCC1. The van der Waals surface area contributed by atoms with Crippen LogP contribution in [0.25, 0.3) is 20.7 Å². The minimum absolute atomic E-state index is 0.00652. The Hall–Kier alpha value is -2.27. The van der Waals surface area contributed by atoms with E-state index in [0.717, 1.165) is 36.5 Å². The van der Waals surface area contributed by atoms with Gasteiger partial charge in [-0.2, -0.15) is 0 Å². The highest BCUT2D eigenvalue weighted by molar-refractivity contribution is 7.22. The molecule has 0 atom stereocenters. The van der Waals surface area contributed by atoms with Crippen LogP contribution in [-0.4, -0.2) is 33.9 Å². The minimum atomic E-state index is -0.00652. The Morgan fingerprint density at radius 3 is 2.77 bits per heavy atom. The molecular formula is C17H15N3OS. The minimum Gasteiger partial charge on any atom is -0.337 e. The van der Waals surface area contributed by atoms with Gasteiger partial charge in [0.25, 0.3) is 5.91 Å². The molecule has 0 N–H and O–H groups in total. The van der Waals surface area contributed by atoms with E-state index in [1.54, 1.807) is 23.7 Å². The van der Waals surface area contributed by atoms with Crippen LogP contribution in [0.4, 0.5) is 0 Å². The van der Waals surface area contributed by atoms with Crippen molar-refractivity contribution in [2.24, 2.45) is 0 Å². The summed E-state index contributed by atoms with van der Waals surface area (Å²) in [5.74, 6) is -0.00652. The van der Waals surface area contributed by atoms with Gasteiger partial charge in [-0.1, -0.05) is 18.2 Å². The van der Waals surface area contributed by atoms with Gasteiger partial charge in [-0.05, 0) is 30.4 Å². The van der Waals surface area contributed by atoms with Gasteiger partial charge < -0.3 is 4.90 Å². The molecule has 0 bridgehead atoms. The monoisotopic (exact) mass is 309 g/mol. The van der Waals surface area contributed by atoms with Gasteiger partial charge in [-0.15, -0.1) is 11.3 Å². The molecule has 3 heterocycles. The first-order chi connectivity index (χ1) is 10.8. The number of aromatic nitrogens is 2. The molecule has 0 spiro atoms. The molecule has 1 saturated heterocycles. The summed E-state index contributed by atoms with van der Waals surface area (Å²) >= 11 is 1.68. The van der Waals surface area contributed by atoms with Gasteiger partial charge >= 0.3 is 0 Å². The molecule has 1 aliphatic heterocycles. The standard InChI is InChI=1S/C17H15N3OS/c21-17(20-7-3-4-8-20)14-11-18-10-13(19-14)16-9-12-5-1-2-6-15(12)22-16/h1-2,5-6,9-11H,3-4,7-8H2. The molecule has 0 unspecified atom stereocenters. The molecule has 2 aromatic heterocycles. The average molecular weight is 309 g/mol. The molecule has 0 radical (unpaired) electrons.